The van der Waals surface area contributed by atoms with E-state index in [0.717, 1.165) is 24.8 Å². The van der Waals surface area contributed by atoms with Gasteiger partial charge >= 0.3 is 6.03 Å². The number of carbonyl (C=O) groups excluding carboxylic acids is 1. The Kier molecular flexibility index (Phi) is 7.15. The van der Waals surface area contributed by atoms with Crippen molar-refractivity contribution in [1.29, 1.82) is 0 Å². The molecule has 0 heterocycles. The zero-order valence-electron chi connectivity index (χ0n) is 13.3. The van der Waals surface area contributed by atoms with E-state index in [1.165, 1.54) is 6.42 Å². The van der Waals surface area contributed by atoms with E-state index < -0.39 is 0 Å². The quantitative estimate of drug-likeness (QED) is 0.641. The number of benzene rings is 1. The molecule has 6 heteroatoms. The van der Waals surface area contributed by atoms with Crippen molar-refractivity contribution in [2.45, 2.75) is 37.6 Å². The molecule has 0 bridgehead atoms. The van der Waals surface area contributed by atoms with Crippen LogP contribution in [0.15, 0.2) is 24.3 Å². The Morgan fingerprint density at radius 1 is 1.30 bits per heavy atom. The molecule has 1 aromatic carbocycles. The van der Waals surface area contributed by atoms with Gasteiger partial charge in [0.25, 0.3) is 0 Å². The SMILES string of the molecule is NC[C@@H]1CCCC[C@@H]1NC(=O)NCC(CO)c1ccc(Cl)cc1. The number of nitrogens with one attached hydrogen (secondary N) is 2. The molecule has 0 radical (unpaired) electrons. The minimum absolute atomic E-state index is 0.0310. The molecule has 0 aliphatic heterocycles. The van der Waals surface area contributed by atoms with Crippen LogP contribution in [0.4, 0.5) is 4.79 Å². The van der Waals surface area contributed by atoms with Crippen molar-refractivity contribution in [2.75, 3.05) is 19.7 Å². The predicted molar refractivity (Wildman–Crippen MR) is 92.6 cm³/mol. The van der Waals surface area contributed by atoms with Crippen LogP contribution in [-0.4, -0.2) is 36.9 Å². The lowest BCUT2D eigenvalue weighted by Gasteiger charge is -2.31. The number of aliphatic hydroxyl groups is 1. The molecule has 1 fully saturated rings. The first-order valence-corrected chi connectivity index (χ1v) is 8.62. The molecular weight excluding hydrogens is 314 g/mol. The fraction of sp³-hybridized carbons (Fsp3) is 0.588. The average Bonchev–Trinajstić information content (AvgIpc) is 2.57. The maximum atomic E-state index is 12.1. The van der Waals surface area contributed by atoms with Crippen LogP contribution in [0.1, 0.15) is 37.2 Å². The first kappa shape index (κ1) is 18.0. The van der Waals surface area contributed by atoms with Gasteiger partial charge in [0, 0.05) is 23.5 Å². The van der Waals surface area contributed by atoms with E-state index in [1.54, 1.807) is 12.1 Å². The van der Waals surface area contributed by atoms with Gasteiger partial charge in [-0.05, 0) is 43.0 Å². The number of hydrogen-bond acceptors (Lipinski definition) is 3. The number of aliphatic hydroxyl groups excluding tert-OH is 1. The van der Waals surface area contributed by atoms with Gasteiger partial charge < -0.3 is 21.5 Å². The van der Waals surface area contributed by atoms with E-state index in [-0.39, 0.29) is 24.6 Å². The zero-order valence-corrected chi connectivity index (χ0v) is 14.1. The monoisotopic (exact) mass is 339 g/mol. The Bertz CT molecular complexity index is 495. The largest absolute Gasteiger partial charge is 0.396 e. The molecule has 2 rings (SSSR count). The minimum Gasteiger partial charge on any atom is -0.396 e. The number of halogens is 1. The summed E-state index contributed by atoms with van der Waals surface area (Å²) in [5, 5.41) is 16.1. The molecular formula is C17H26ClN3O2. The third-order valence-electron chi connectivity index (χ3n) is 4.60. The van der Waals surface area contributed by atoms with Crippen molar-refractivity contribution in [1.82, 2.24) is 10.6 Å². The molecule has 2 amide bonds. The molecule has 1 aromatic rings. The third kappa shape index (κ3) is 5.37. The van der Waals surface area contributed by atoms with E-state index in [2.05, 4.69) is 10.6 Å². The van der Waals surface area contributed by atoms with Gasteiger partial charge in [0.2, 0.25) is 0 Å². The Morgan fingerprint density at radius 3 is 2.65 bits per heavy atom. The highest BCUT2D eigenvalue weighted by Gasteiger charge is 2.25. The molecule has 0 aromatic heterocycles. The smallest absolute Gasteiger partial charge is 0.315 e. The second-order valence-electron chi connectivity index (χ2n) is 6.17. The fourth-order valence-corrected chi connectivity index (χ4v) is 3.26. The fourth-order valence-electron chi connectivity index (χ4n) is 3.14. The normalized spacial score (nSPS) is 22.4. The second-order valence-corrected chi connectivity index (χ2v) is 6.61. The number of urea groups is 1. The summed E-state index contributed by atoms with van der Waals surface area (Å²) in [6, 6.07) is 7.27. The molecule has 1 saturated carbocycles. The molecule has 128 valence electrons. The summed E-state index contributed by atoms with van der Waals surface area (Å²) in [6.45, 7) is 0.954. The van der Waals surface area contributed by atoms with Crippen LogP contribution in [0.5, 0.6) is 0 Å². The summed E-state index contributed by atoms with van der Waals surface area (Å²) in [5.41, 5.74) is 6.74. The highest BCUT2D eigenvalue weighted by atomic mass is 35.5. The van der Waals surface area contributed by atoms with E-state index in [1.807, 2.05) is 12.1 Å². The van der Waals surface area contributed by atoms with Gasteiger partial charge in [-0.2, -0.15) is 0 Å². The third-order valence-corrected chi connectivity index (χ3v) is 4.85. The Morgan fingerprint density at radius 2 is 2.00 bits per heavy atom. The Labute approximate surface area is 142 Å². The van der Waals surface area contributed by atoms with Crippen molar-refractivity contribution in [3.05, 3.63) is 34.9 Å². The molecule has 1 aliphatic carbocycles. The van der Waals surface area contributed by atoms with Crippen LogP contribution in [0, 0.1) is 5.92 Å². The van der Waals surface area contributed by atoms with Crippen molar-refractivity contribution in [2.24, 2.45) is 11.7 Å². The summed E-state index contributed by atoms with van der Waals surface area (Å²) in [6.07, 6.45) is 4.37. The summed E-state index contributed by atoms with van der Waals surface area (Å²) in [7, 11) is 0. The average molecular weight is 340 g/mol. The molecule has 5 N–H and O–H groups in total. The summed E-state index contributed by atoms with van der Waals surface area (Å²) < 4.78 is 0. The highest BCUT2D eigenvalue weighted by molar-refractivity contribution is 6.30. The van der Waals surface area contributed by atoms with Crippen LogP contribution in [-0.2, 0) is 0 Å². The number of amides is 2. The van der Waals surface area contributed by atoms with Gasteiger partial charge in [-0.25, -0.2) is 4.79 Å². The number of hydrogen-bond donors (Lipinski definition) is 4. The molecule has 1 unspecified atom stereocenters. The van der Waals surface area contributed by atoms with E-state index in [9.17, 15) is 9.90 Å². The van der Waals surface area contributed by atoms with Crippen LogP contribution >= 0.6 is 11.6 Å². The van der Waals surface area contributed by atoms with Crippen LogP contribution in [0.25, 0.3) is 0 Å². The lowest BCUT2D eigenvalue weighted by molar-refractivity contribution is 0.215. The van der Waals surface area contributed by atoms with Gasteiger partial charge in [-0.1, -0.05) is 36.6 Å². The number of rotatable bonds is 6. The van der Waals surface area contributed by atoms with Crippen molar-refractivity contribution in [3.63, 3.8) is 0 Å². The van der Waals surface area contributed by atoms with Crippen molar-refractivity contribution < 1.29 is 9.90 Å². The molecule has 0 spiro atoms. The van der Waals surface area contributed by atoms with Crippen LogP contribution < -0.4 is 16.4 Å². The van der Waals surface area contributed by atoms with Crippen LogP contribution in [0.3, 0.4) is 0 Å². The second kappa shape index (κ2) is 9.11. The zero-order chi connectivity index (χ0) is 16.7. The van der Waals surface area contributed by atoms with Crippen molar-refractivity contribution >= 4 is 17.6 Å². The minimum atomic E-state index is -0.192. The lowest BCUT2D eigenvalue weighted by atomic mass is 9.84. The van der Waals surface area contributed by atoms with Gasteiger partial charge in [0.05, 0.1) is 6.61 Å². The maximum Gasteiger partial charge on any atom is 0.315 e. The standard InChI is InChI=1S/C17H26ClN3O2/c18-15-7-5-12(6-8-15)14(11-22)10-20-17(23)21-16-4-2-1-3-13(16)9-19/h5-8,13-14,16,22H,1-4,9-11,19H2,(H2,20,21,23)/t13-,14?,16-/m0/s1. The topological polar surface area (TPSA) is 87.4 Å². The highest BCUT2D eigenvalue weighted by Crippen LogP contribution is 2.23. The van der Waals surface area contributed by atoms with Gasteiger partial charge in [0.15, 0.2) is 0 Å². The van der Waals surface area contributed by atoms with Gasteiger partial charge in [-0.15, -0.1) is 0 Å². The molecule has 3 atom stereocenters. The summed E-state index contributed by atoms with van der Waals surface area (Å²) in [4.78, 5) is 12.1. The molecule has 23 heavy (non-hydrogen) atoms. The van der Waals surface area contributed by atoms with Crippen LogP contribution in [0.2, 0.25) is 5.02 Å². The Hall–Kier alpha value is -1.30. The predicted octanol–water partition coefficient (Wildman–Crippen LogP) is 2.23. The van der Waals surface area contributed by atoms with Crippen molar-refractivity contribution in [3.8, 4) is 0 Å². The maximum absolute atomic E-state index is 12.1. The van der Waals surface area contributed by atoms with E-state index >= 15 is 0 Å². The first-order valence-electron chi connectivity index (χ1n) is 8.24. The lowest BCUT2D eigenvalue weighted by Crippen LogP contribution is -2.49. The number of nitrogens with two attached hydrogens (primary N) is 1. The first-order chi connectivity index (χ1) is 11.1. The van der Waals surface area contributed by atoms with E-state index in [4.69, 9.17) is 17.3 Å². The van der Waals surface area contributed by atoms with Gasteiger partial charge in [-0.3, -0.25) is 0 Å². The molecule has 5 nitrogen and oxygen atoms in total. The summed E-state index contributed by atoms with van der Waals surface area (Å²) in [5.74, 6) is 0.217. The van der Waals surface area contributed by atoms with E-state index in [0.29, 0.717) is 24.0 Å². The molecule has 1 aliphatic rings. The van der Waals surface area contributed by atoms with Gasteiger partial charge in [0.1, 0.15) is 0 Å². The number of carbonyl (C=O) groups is 1. The summed E-state index contributed by atoms with van der Waals surface area (Å²) >= 11 is 5.87. The molecule has 0 saturated heterocycles. The Balaban J connectivity index is 1.83.